The van der Waals surface area contributed by atoms with Crippen LogP contribution in [0.1, 0.15) is 13.8 Å². The summed E-state index contributed by atoms with van der Waals surface area (Å²) in [6.45, 7) is 15.1. The SMILES string of the molecule is C=C/C=C\C(=C/C)C(=C)NC(=C)C. The Bertz CT molecular complexity index is 267. The molecule has 0 aromatic heterocycles. The summed E-state index contributed by atoms with van der Waals surface area (Å²) < 4.78 is 0. The second-order valence-corrected chi connectivity index (χ2v) is 2.72. The maximum atomic E-state index is 3.89. The first-order valence-electron chi connectivity index (χ1n) is 4.19. The lowest BCUT2D eigenvalue weighted by Crippen LogP contribution is -2.09. The minimum absolute atomic E-state index is 0.855. The third-order valence-electron chi connectivity index (χ3n) is 1.44. The molecule has 70 valence electrons. The number of hydrogen-bond donors (Lipinski definition) is 1. The highest BCUT2D eigenvalue weighted by atomic mass is 14.9. The van der Waals surface area contributed by atoms with Crippen molar-refractivity contribution in [3.8, 4) is 0 Å². The Kier molecular flexibility index (Phi) is 5.37. The van der Waals surface area contributed by atoms with Crippen LogP contribution in [0.15, 0.2) is 61.0 Å². The number of nitrogens with one attached hydrogen (secondary N) is 1. The quantitative estimate of drug-likeness (QED) is 0.632. The first-order valence-corrected chi connectivity index (χ1v) is 4.19. The maximum Gasteiger partial charge on any atom is 0.0378 e. The van der Waals surface area contributed by atoms with Crippen molar-refractivity contribution >= 4 is 0 Å². The van der Waals surface area contributed by atoms with Crippen molar-refractivity contribution < 1.29 is 0 Å². The summed E-state index contributed by atoms with van der Waals surface area (Å²) in [5.41, 5.74) is 2.78. The fraction of sp³-hybridized carbons (Fsp3) is 0.167. The summed E-state index contributed by atoms with van der Waals surface area (Å²) in [7, 11) is 0. The zero-order valence-electron chi connectivity index (χ0n) is 8.43. The van der Waals surface area contributed by atoms with E-state index in [-0.39, 0.29) is 0 Å². The zero-order chi connectivity index (χ0) is 10.3. The van der Waals surface area contributed by atoms with Gasteiger partial charge < -0.3 is 5.32 Å². The molecule has 1 heteroatoms. The summed E-state index contributed by atoms with van der Waals surface area (Å²) in [4.78, 5) is 0. The third kappa shape index (κ3) is 4.86. The van der Waals surface area contributed by atoms with Crippen molar-refractivity contribution in [2.45, 2.75) is 13.8 Å². The molecule has 0 fully saturated rings. The first-order chi connectivity index (χ1) is 6.11. The van der Waals surface area contributed by atoms with Crippen LogP contribution < -0.4 is 5.32 Å². The van der Waals surface area contributed by atoms with Crippen LogP contribution in [0.4, 0.5) is 0 Å². The van der Waals surface area contributed by atoms with Crippen molar-refractivity contribution in [2.75, 3.05) is 0 Å². The van der Waals surface area contributed by atoms with E-state index in [4.69, 9.17) is 0 Å². The molecule has 13 heavy (non-hydrogen) atoms. The van der Waals surface area contributed by atoms with E-state index >= 15 is 0 Å². The van der Waals surface area contributed by atoms with E-state index in [0.29, 0.717) is 0 Å². The first kappa shape index (κ1) is 11.5. The minimum atomic E-state index is 0.855. The average Bonchev–Trinajstić information content (AvgIpc) is 2.04. The van der Waals surface area contributed by atoms with Gasteiger partial charge >= 0.3 is 0 Å². The van der Waals surface area contributed by atoms with Crippen LogP contribution in [0.3, 0.4) is 0 Å². The molecule has 0 aromatic rings. The Morgan fingerprint density at radius 2 is 1.92 bits per heavy atom. The fourth-order valence-electron chi connectivity index (χ4n) is 0.873. The Labute approximate surface area is 80.9 Å². The zero-order valence-corrected chi connectivity index (χ0v) is 8.43. The van der Waals surface area contributed by atoms with Crippen molar-refractivity contribution in [3.05, 3.63) is 61.0 Å². The molecule has 0 unspecified atom stereocenters. The molecular formula is C12H17N. The van der Waals surface area contributed by atoms with Crippen LogP contribution in [0, 0.1) is 0 Å². The largest absolute Gasteiger partial charge is 0.360 e. The topological polar surface area (TPSA) is 12.0 Å². The third-order valence-corrected chi connectivity index (χ3v) is 1.44. The predicted molar refractivity (Wildman–Crippen MR) is 60.2 cm³/mol. The molecule has 0 aromatic carbocycles. The molecule has 0 heterocycles. The van der Waals surface area contributed by atoms with Crippen molar-refractivity contribution in [2.24, 2.45) is 0 Å². The molecule has 0 aliphatic heterocycles. The molecule has 0 saturated carbocycles. The fourth-order valence-corrected chi connectivity index (χ4v) is 0.873. The van der Waals surface area contributed by atoms with E-state index < -0.39 is 0 Å². The lowest BCUT2D eigenvalue weighted by molar-refractivity contribution is 1.00. The van der Waals surface area contributed by atoms with Gasteiger partial charge in [-0.3, -0.25) is 0 Å². The summed E-state index contributed by atoms with van der Waals surface area (Å²) in [5.74, 6) is 0. The molecule has 0 amide bonds. The monoisotopic (exact) mass is 175 g/mol. The molecule has 0 atom stereocenters. The molecule has 1 N–H and O–H groups in total. The van der Waals surface area contributed by atoms with E-state index in [2.05, 4.69) is 25.1 Å². The van der Waals surface area contributed by atoms with E-state index in [9.17, 15) is 0 Å². The number of allylic oxidation sites excluding steroid dienone is 5. The van der Waals surface area contributed by atoms with E-state index in [1.165, 1.54) is 0 Å². The summed E-state index contributed by atoms with van der Waals surface area (Å²) in [6, 6.07) is 0. The van der Waals surface area contributed by atoms with Gasteiger partial charge in [0.15, 0.2) is 0 Å². The second-order valence-electron chi connectivity index (χ2n) is 2.72. The average molecular weight is 175 g/mol. The minimum Gasteiger partial charge on any atom is -0.360 e. The lowest BCUT2D eigenvalue weighted by atomic mass is 10.1. The molecule has 0 spiro atoms. The Morgan fingerprint density at radius 1 is 1.31 bits per heavy atom. The molecular weight excluding hydrogens is 158 g/mol. The second kappa shape index (κ2) is 6.06. The van der Waals surface area contributed by atoms with Gasteiger partial charge in [0.2, 0.25) is 0 Å². The van der Waals surface area contributed by atoms with Gasteiger partial charge in [0.05, 0.1) is 0 Å². The van der Waals surface area contributed by atoms with Gasteiger partial charge in [-0.15, -0.1) is 0 Å². The van der Waals surface area contributed by atoms with Gasteiger partial charge in [-0.05, 0) is 19.4 Å². The van der Waals surface area contributed by atoms with Crippen LogP contribution in [-0.2, 0) is 0 Å². The number of rotatable bonds is 5. The summed E-state index contributed by atoms with van der Waals surface area (Å²) in [5, 5.41) is 3.06. The molecule has 0 saturated heterocycles. The van der Waals surface area contributed by atoms with Crippen molar-refractivity contribution in [3.63, 3.8) is 0 Å². The summed E-state index contributed by atoms with van der Waals surface area (Å²) >= 11 is 0. The number of hydrogen-bond acceptors (Lipinski definition) is 1. The van der Waals surface area contributed by atoms with Crippen LogP contribution >= 0.6 is 0 Å². The van der Waals surface area contributed by atoms with Gasteiger partial charge in [0.1, 0.15) is 0 Å². The highest BCUT2D eigenvalue weighted by Crippen LogP contribution is 2.07. The van der Waals surface area contributed by atoms with Crippen molar-refractivity contribution in [1.82, 2.24) is 5.32 Å². The normalized spacial score (nSPS) is 11.4. The molecule has 0 bridgehead atoms. The lowest BCUT2D eigenvalue weighted by Gasteiger charge is -2.08. The maximum absolute atomic E-state index is 3.89. The van der Waals surface area contributed by atoms with Crippen LogP contribution in [-0.4, -0.2) is 0 Å². The van der Waals surface area contributed by atoms with Crippen LogP contribution in [0.25, 0.3) is 0 Å². The molecule has 0 aliphatic carbocycles. The standard InChI is InChI=1S/C12H17N/c1-6-8-9-12(7-2)11(5)13-10(3)4/h6-9,13H,1,3,5H2,2,4H3/b9-8-,12-7+. The van der Waals surface area contributed by atoms with Gasteiger partial charge in [-0.2, -0.15) is 0 Å². The van der Waals surface area contributed by atoms with Gasteiger partial charge in [0.25, 0.3) is 0 Å². The van der Waals surface area contributed by atoms with Crippen molar-refractivity contribution in [1.29, 1.82) is 0 Å². The molecule has 0 radical (unpaired) electrons. The highest BCUT2D eigenvalue weighted by Gasteiger charge is 1.95. The Hall–Kier alpha value is -1.50. The Morgan fingerprint density at radius 3 is 2.31 bits per heavy atom. The Balaban J connectivity index is 4.43. The van der Waals surface area contributed by atoms with Crippen LogP contribution in [0.2, 0.25) is 0 Å². The van der Waals surface area contributed by atoms with Gasteiger partial charge in [-0.25, -0.2) is 0 Å². The molecule has 0 rings (SSSR count). The smallest absolute Gasteiger partial charge is 0.0378 e. The summed E-state index contributed by atoms with van der Waals surface area (Å²) in [6.07, 6.45) is 7.54. The highest BCUT2D eigenvalue weighted by molar-refractivity contribution is 5.38. The predicted octanol–water partition coefficient (Wildman–Crippen LogP) is 3.31. The van der Waals surface area contributed by atoms with E-state index in [1.54, 1.807) is 6.08 Å². The van der Waals surface area contributed by atoms with E-state index in [0.717, 1.165) is 17.0 Å². The molecule has 1 nitrogen and oxygen atoms in total. The molecule has 0 aliphatic rings. The van der Waals surface area contributed by atoms with E-state index in [1.807, 2.05) is 32.1 Å². The van der Waals surface area contributed by atoms with Crippen LogP contribution in [0.5, 0.6) is 0 Å². The van der Waals surface area contributed by atoms with Gasteiger partial charge in [-0.1, -0.05) is 44.0 Å². The van der Waals surface area contributed by atoms with Gasteiger partial charge in [0, 0.05) is 11.4 Å².